The Morgan fingerprint density at radius 3 is 3.08 bits per heavy atom. The van der Waals surface area contributed by atoms with Gasteiger partial charge in [0.2, 0.25) is 0 Å². The lowest BCUT2D eigenvalue weighted by Gasteiger charge is -1.96. The molecule has 2 heterocycles. The van der Waals surface area contributed by atoms with Gasteiger partial charge in [0.1, 0.15) is 0 Å². The molecule has 0 spiro atoms. The van der Waals surface area contributed by atoms with Crippen LogP contribution in [0.25, 0.3) is 10.2 Å². The first-order valence-corrected chi connectivity index (χ1v) is 4.40. The van der Waals surface area contributed by atoms with Crippen LogP contribution < -0.4 is 5.32 Å². The summed E-state index contributed by atoms with van der Waals surface area (Å²) in [6.07, 6.45) is 0. The van der Waals surface area contributed by atoms with Crippen molar-refractivity contribution in [3.63, 3.8) is 0 Å². The molecule has 0 saturated carbocycles. The SMILES string of the molecule is CNc1c2cc(C)sc2nn1O. The van der Waals surface area contributed by atoms with E-state index in [0.29, 0.717) is 5.82 Å². The van der Waals surface area contributed by atoms with E-state index in [1.807, 2.05) is 13.0 Å². The molecule has 0 saturated heterocycles. The summed E-state index contributed by atoms with van der Waals surface area (Å²) in [6.45, 7) is 2.02. The van der Waals surface area contributed by atoms with Gasteiger partial charge in [-0.2, -0.15) is 0 Å². The largest absolute Gasteiger partial charge is 0.410 e. The van der Waals surface area contributed by atoms with E-state index in [0.717, 1.165) is 15.1 Å². The summed E-state index contributed by atoms with van der Waals surface area (Å²) in [6, 6.07) is 2.01. The number of anilines is 1. The Hall–Kier alpha value is -1.23. The molecule has 0 aliphatic rings. The zero-order chi connectivity index (χ0) is 8.72. The van der Waals surface area contributed by atoms with E-state index >= 15 is 0 Å². The molecule has 4 nitrogen and oxygen atoms in total. The average molecular weight is 183 g/mol. The van der Waals surface area contributed by atoms with Gasteiger partial charge in [-0.1, -0.05) is 4.85 Å². The summed E-state index contributed by atoms with van der Waals surface area (Å²) in [4.78, 5) is 2.93. The molecule has 64 valence electrons. The Morgan fingerprint density at radius 1 is 1.67 bits per heavy atom. The standard InChI is InChI=1S/C7H9N3OS/c1-4-3-5-6(8-2)10(11)9-7(5)12-4/h3,8,11H,1-2H3. The quantitative estimate of drug-likeness (QED) is 0.661. The van der Waals surface area contributed by atoms with Gasteiger partial charge < -0.3 is 10.5 Å². The van der Waals surface area contributed by atoms with Crippen molar-refractivity contribution in [1.29, 1.82) is 0 Å². The Labute approximate surface area is 73.4 Å². The Morgan fingerprint density at radius 2 is 2.42 bits per heavy atom. The third-order valence-corrected chi connectivity index (χ3v) is 2.65. The molecule has 12 heavy (non-hydrogen) atoms. The number of aryl methyl sites for hydroxylation is 1. The van der Waals surface area contributed by atoms with Crippen LogP contribution in [0.3, 0.4) is 0 Å². The van der Waals surface area contributed by atoms with Gasteiger partial charge in [-0.25, -0.2) is 0 Å². The van der Waals surface area contributed by atoms with Gasteiger partial charge in [0, 0.05) is 11.9 Å². The number of nitrogens with zero attached hydrogens (tertiary/aromatic N) is 2. The fraction of sp³-hybridized carbons (Fsp3) is 0.286. The van der Waals surface area contributed by atoms with E-state index < -0.39 is 0 Å². The fourth-order valence-corrected chi connectivity index (χ4v) is 2.09. The highest BCUT2D eigenvalue weighted by atomic mass is 32.1. The zero-order valence-electron chi connectivity index (χ0n) is 6.83. The molecule has 0 amide bonds. The van der Waals surface area contributed by atoms with Crippen molar-refractivity contribution in [3.05, 3.63) is 10.9 Å². The summed E-state index contributed by atoms with van der Waals surface area (Å²) >= 11 is 1.57. The van der Waals surface area contributed by atoms with E-state index in [-0.39, 0.29) is 0 Å². The van der Waals surface area contributed by atoms with Crippen LogP contribution in [0.2, 0.25) is 0 Å². The number of hydrogen-bond donors (Lipinski definition) is 2. The van der Waals surface area contributed by atoms with E-state index in [4.69, 9.17) is 0 Å². The number of hydrogen-bond acceptors (Lipinski definition) is 4. The molecule has 0 aliphatic carbocycles. The topological polar surface area (TPSA) is 50.1 Å². The Balaban J connectivity index is 2.78. The van der Waals surface area contributed by atoms with Crippen molar-refractivity contribution < 1.29 is 5.21 Å². The molecule has 0 aliphatic heterocycles. The lowest BCUT2D eigenvalue weighted by Crippen LogP contribution is -1.99. The number of thiophene rings is 1. The van der Waals surface area contributed by atoms with Crippen molar-refractivity contribution in [2.24, 2.45) is 0 Å². The van der Waals surface area contributed by atoms with E-state index in [1.165, 1.54) is 4.88 Å². The van der Waals surface area contributed by atoms with Crippen LogP contribution in [-0.2, 0) is 0 Å². The normalized spacial score (nSPS) is 10.8. The first-order valence-electron chi connectivity index (χ1n) is 3.58. The average Bonchev–Trinajstić information content (AvgIpc) is 2.43. The van der Waals surface area contributed by atoms with Gasteiger partial charge in [0.05, 0.1) is 5.39 Å². The molecule has 2 N–H and O–H groups in total. The maximum Gasteiger partial charge on any atom is 0.174 e. The predicted octanol–water partition coefficient (Wildman–Crippen LogP) is 1.69. The molecular weight excluding hydrogens is 174 g/mol. The Kier molecular flexibility index (Phi) is 1.47. The molecule has 0 aromatic carbocycles. The molecule has 2 aromatic rings. The summed E-state index contributed by atoms with van der Waals surface area (Å²) in [5.41, 5.74) is 0. The second-order valence-electron chi connectivity index (χ2n) is 2.56. The second-order valence-corrected chi connectivity index (χ2v) is 3.80. The summed E-state index contributed by atoms with van der Waals surface area (Å²) in [5, 5.41) is 17.1. The minimum Gasteiger partial charge on any atom is -0.410 e. The van der Waals surface area contributed by atoms with E-state index in [2.05, 4.69) is 10.4 Å². The molecule has 2 rings (SSSR count). The van der Waals surface area contributed by atoms with Crippen LogP contribution in [0, 0.1) is 6.92 Å². The molecule has 5 heteroatoms. The molecule has 0 unspecified atom stereocenters. The van der Waals surface area contributed by atoms with Crippen molar-refractivity contribution in [2.45, 2.75) is 6.92 Å². The van der Waals surface area contributed by atoms with Crippen molar-refractivity contribution in [2.75, 3.05) is 12.4 Å². The van der Waals surface area contributed by atoms with E-state index in [9.17, 15) is 5.21 Å². The smallest absolute Gasteiger partial charge is 0.174 e. The number of fused-ring (bicyclic) bond motifs is 1. The lowest BCUT2D eigenvalue weighted by molar-refractivity contribution is 0.157. The highest BCUT2D eigenvalue weighted by Gasteiger charge is 2.10. The fourth-order valence-electron chi connectivity index (χ4n) is 1.22. The Bertz CT molecular complexity index is 417. The van der Waals surface area contributed by atoms with Gasteiger partial charge in [0.25, 0.3) is 0 Å². The maximum atomic E-state index is 9.26. The van der Waals surface area contributed by atoms with Gasteiger partial charge >= 0.3 is 0 Å². The van der Waals surface area contributed by atoms with Gasteiger partial charge in [-0.05, 0) is 13.0 Å². The molecule has 0 radical (unpaired) electrons. The first-order chi connectivity index (χ1) is 5.72. The summed E-state index contributed by atoms with van der Waals surface area (Å²) < 4.78 is 0. The lowest BCUT2D eigenvalue weighted by atomic mass is 10.4. The van der Waals surface area contributed by atoms with Gasteiger partial charge in [-0.3, -0.25) is 0 Å². The van der Waals surface area contributed by atoms with Crippen LogP contribution in [0.15, 0.2) is 6.07 Å². The monoisotopic (exact) mass is 183 g/mol. The van der Waals surface area contributed by atoms with Crippen LogP contribution in [0.4, 0.5) is 5.82 Å². The first kappa shape index (κ1) is 7.42. The number of aromatic nitrogens is 2. The maximum absolute atomic E-state index is 9.26. The van der Waals surface area contributed by atoms with Crippen molar-refractivity contribution in [1.82, 2.24) is 9.94 Å². The molecular formula is C7H9N3OS. The minimum absolute atomic E-state index is 0.648. The highest BCUT2D eigenvalue weighted by Crippen LogP contribution is 2.29. The summed E-state index contributed by atoms with van der Waals surface area (Å²) in [5.74, 6) is 0.648. The molecule has 0 atom stereocenters. The molecule has 0 bridgehead atoms. The molecule has 2 aromatic heterocycles. The second kappa shape index (κ2) is 2.38. The molecule has 0 fully saturated rings. The number of nitrogens with one attached hydrogen (secondary N) is 1. The van der Waals surface area contributed by atoms with Crippen LogP contribution in [-0.4, -0.2) is 22.2 Å². The van der Waals surface area contributed by atoms with Crippen LogP contribution >= 0.6 is 11.3 Å². The highest BCUT2D eigenvalue weighted by molar-refractivity contribution is 7.18. The van der Waals surface area contributed by atoms with E-state index in [1.54, 1.807) is 18.4 Å². The predicted molar refractivity (Wildman–Crippen MR) is 49.1 cm³/mol. The number of rotatable bonds is 1. The summed E-state index contributed by atoms with van der Waals surface area (Å²) in [7, 11) is 1.76. The van der Waals surface area contributed by atoms with Crippen LogP contribution in [0.5, 0.6) is 0 Å². The van der Waals surface area contributed by atoms with Crippen molar-refractivity contribution >= 4 is 27.4 Å². The third kappa shape index (κ3) is 0.863. The van der Waals surface area contributed by atoms with Gasteiger partial charge in [0.15, 0.2) is 10.6 Å². The van der Waals surface area contributed by atoms with Crippen molar-refractivity contribution in [3.8, 4) is 0 Å². The van der Waals surface area contributed by atoms with Crippen LogP contribution in [0.1, 0.15) is 4.88 Å². The van der Waals surface area contributed by atoms with Gasteiger partial charge in [-0.15, -0.1) is 16.4 Å². The third-order valence-electron chi connectivity index (χ3n) is 1.71. The minimum atomic E-state index is 0.648. The zero-order valence-corrected chi connectivity index (χ0v) is 7.64.